The number of hydrogen-bond donors (Lipinski definition) is 0. The molecule has 0 amide bonds. The predicted octanol–water partition coefficient (Wildman–Crippen LogP) is 0.917. The zero-order valence-corrected chi connectivity index (χ0v) is 15.0. The molecule has 138 valence electrons. The highest BCUT2D eigenvalue weighted by Crippen LogP contribution is 2.13. The van der Waals surface area contributed by atoms with Crippen molar-refractivity contribution < 1.29 is 0 Å². The lowest BCUT2D eigenvalue weighted by atomic mass is 10.2. The highest BCUT2D eigenvalue weighted by Gasteiger charge is 2.18. The summed E-state index contributed by atoms with van der Waals surface area (Å²) in [5.74, 6) is 0.917. The third-order valence-electron chi connectivity index (χ3n) is 4.72. The molecule has 1 aliphatic heterocycles. The molecule has 1 saturated heterocycles. The summed E-state index contributed by atoms with van der Waals surface area (Å²) in [5, 5.41) is 4.51. The predicted molar refractivity (Wildman–Crippen MR) is 102 cm³/mol. The first-order valence-electron chi connectivity index (χ1n) is 9.01. The summed E-state index contributed by atoms with van der Waals surface area (Å²) in [6.07, 6.45) is 8.65. The van der Waals surface area contributed by atoms with Crippen molar-refractivity contribution in [2.45, 2.75) is 6.54 Å². The van der Waals surface area contributed by atoms with Crippen LogP contribution >= 0.6 is 0 Å². The quantitative estimate of drug-likeness (QED) is 0.667. The van der Waals surface area contributed by atoms with Crippen LogP contribution in [0.2, 0.25) is 0 Å². The first kappa shape index (κ1) is 17.3. The van der Waals surface area contributed by atoms with Gasteiger partial charge < -0.3 is 4.90 Å². The summed E-state index contributed by atoms with van der Waals surface area (Å²) in [7, 11) is 0. The van der Waals surface area contributed by atoms with E-state index in [2.05, 4.69) is 29.9 Å². The zero-order valence-electron chi connectivity index (χ0n) is 15.0. The molecule has 0 spiro atoms. The van der Waals surface area contributed by atoms with Gasteiger partial charge in [0.2, 0.25) is 0 Å². The molecule has 8 nitrogen and oxygen atoms in total. The topological polar surface area (TPSA) is 80.0 Å². The van der Waals surface area contributed by atoms with Crippen molar-refractivity contribution in [3.63, 3.8) is 0 Å². The lowest BCUT2D eigenvalue weighted by Gasteiger charge is -2.35. The number of piperazine rings is 1. The van der Waals surface area contributed by atoms with Crippen molar-refractivity contribution in [3.05, 3.63) is 65.6 Å². The molecule has 4 rings (SSSR count). The van der Waals surface area contributed by atoms with E-state index in [4.69, 9.17) is 0 Å². The van der Waals surface area contributed by atoms with Crippen LogP contribution in [0.3, 0.4) is 0 Å². The molecule has 0 aromatic carbocycles. The molecule has 27 heavy (non-hydrogen) atoms. The highest BCUT2D eigenvalue weighted by atomic mass is 16.1. The van der Waals surface area contributed by atoms with E-state index in [0.717, 1.165) is 49.8 Å². The van der Waals surface area contributed by atoms with Gasteiger partial charge in [-0.15, -0.1) is 0 Å². The second-order valence-electron chi connectivity index (χ2n) is 6.41. The van der Waals surface area contributed by atoms with Crippen molar-refractivity contribution in [2.75, 3.05) is 37.6 Å². The minimum Gasteiger partial charge on any atom is -0.353 e. The Kier molecular flexibility index (Phi) is 5.15. The van der Waals surface area contributed by atoms with Gasteiger partial charge in [-0.3, -0.25) is 19.7 Å². The Hall–Kier alpha value is -3.13. The van der Waals surface area contributed by atoms with Crippen LogP contribution in [0.5, 0.6) is 0 Å². The largest absolute Gasteiger partial charge is 0.353 e. The first-order valence-corrected chi connectivity index (χ1v) is 9.01. The fourth-order valence-corrected chi connectivity index (χ4v) is 3.18. The minimum atomic E-state index is -0.0778. The van der Waals surface area contributed by atoms with E-state index in [1.54, 1.807) is 47.8 Å². The lowest BCUT2D eigenvalue weighted by Crippen LogP contribution is -2.48. The fraction of sp³-hybridized carbons (Fsp3) is 0.316. The van der Waals surface area contributed by atoms with Crippen molar-refractivity contribution >= 4 is 5.82 Å². The van der Waals surface area contributed by atoms with E-state index in [-0.39, 0.29) is 5.56 Å². The van der Waals surface area contributed by atoms with Crippen LogP contribution < -0.4 is 10.5 Å². The molecule has 1 aliphatic rings. The molecule has 0 radical (unpaired) electrons. The number of pyridine rings is 1. The van der Waals surface area contributed by atoms with Crippen LogP contribution in [0.4, 0.5) is 5.82 Å². The van der Waals surface area contributed by atoms with Gasteiger partial charge in [-0.1, -0.05) is 0 Å². The molecule has 0 N–H and O–H groups in total. The molecule has 0 saturated carbocycles. The standard InChI is InChI=1S/C19H21N7O/c27-19-2-1-17(16-3-5-20-6-4-16)23-26(19)14-11-24-9-12-25(13-10-24)18-15-21-7-8-22-18/h1-8,15H,9-14H2. The van der Waals surface area contributed by atoms with Crippen molar-refractivity contribution in [3.8, 4) is 11.3 Å². The molecular formula is C19H21N7O. The van der Waals surface area contributed by atoms with Gasteiger partial charge in [0.1, 0.15) is 5.82 Å². The Labute approximate surface area is 157 Å². The SMILES string of the molecule is O=c1ccc(-c2ccncc2)nn1CCN1CCN(c2cnccn2)CC1. The molecule has 8 heteroatoms. The smallest absolute Gasteiger partial charge is 0.266 e. The number of rotatable bonds is 5. The molecule has 3 aromatic rings. The van der Waals surface area contributed by atoms with Gasteiger partial charge >= 0.3 is 0 Å². The summed E-state index contributed by atoms with van der Waals surface area (Å²) in [5.41, 5.74) is 1.66. The van der Waals surface area contributed by atoms with Gasteiger partial charge in [-0.25, -0.2) is 9.67 Å². The molecule has 3 aromatic heterocycles. The average molecular weight is 363 g/mol. The normalized spacial score (nSPS) is 15.0. The molecule has 4 heterocycles. The maximum Gasteiger partial charge on any atom is 0.266 e. The van der Waals surface area contributed by atoms with Crippen LogP contribution in [0.25, 0.3) is 11.3 Å². The van der Waals surface area contributed by atoms with E-state index in [9.17, 15) is 4.79 Å². The average Bonchev–Trinajstić information content (AvgIpc) is 2.75. The second-order valence-corrected chi connectivity index (χ2v) is 6.41. The zero-order chi connectivity index (χ0) is 18.5. The monoisotopic (exact) mass is 363 g/mol. The summed E-state index contributed by atoms with van der Waals surface area (Å²) in [6.45, 7) is 5.02. The van der Waals surface area contributed by atoms with E-state index >= 15 is 0 Å². The van der Waals surface area contributed by atoms with E-state index in [1.165, 1.54) is 0 Å². The first-order chi connectivity index (χ1) is 13.3. The Morgan fingerprint density at radius 3 is 2.41 bits per heavy atom. The highest BCUT2D eigenvalue weighted by molar-refractivity contribution is 5.56. The fourth-order valence-electron chi connectivity index (χ4n) is 3.18. The molecule has 0 aliphatic carbocycles. The van der Waals surface area contributed by atoms with Gasteiger partial charge in [0, 0.05) is 69.1 Å². The van der Waals surface area contributed by atoms with Gasteiger partial charge in [-0.05, 0) is 18.2 Å². The van der Waals surface area contributed by atoms with E-state index in [0.29, 0.717) is 6.54 Å². The van der Waals surface area contributed by atoms with Gasteiger partial charge in [0.05, 0.1) is 18.4 Å². The maximum absolute atomic E-state index is 12.2. The van der Waals surface area contributed by atoms with Crippen molar-refractivity contribution in [1.29, 1.82) is 0 Å². The van der Waals surface area contributed by atoms with Crippen molar-refractivity contribution in [2.24, 2.45) is 0 Å². The molecule has 0 unspecified atom stereocenters. The number of nitrogens with zero attached hydrogens (tertiary/aromatic N) is 7. The van der Waals surface area contributed by atoms with E-state index < -0.39 is 0 Å². The van der Waals surface area contributed by atoms with Crippen LogP contribution in [-0.4, -0.2) is 62.4 Å². The second kappa shape index (κ2) is 8.05. The molecule has 1 fully saturated rings. The number of hydrogen-bond acceptors (Lipinski definition) is 7. The minimum absolute atomic E-state index is 0.0778. The summed E-state index contributed by atoms with van der Waals surface area (Å²) in [6, 6.07) is 7.12. The summed E-state index contributed by atoms with van der Waals surface area (Å²) >= 11 is 0. The summed E-state index contributed by atoms with van der Waals surface area (Å²) < 4.78 is 1.55. The van der Waals surface area contributed by atoms with Crippen LogP contribution in [0.15, 0.2) is 60.0 Å². The van der Waals surface area contributed by atoms with Crippen LogP contribution in [-0.2, 0) is 6.54 Å². The molecule has 0 bridgehead atoms. The van der Waals surface area contributed by atoms with Gasteiger partial charge in [0.25, 0.3) is 5.56 Å². The summed E-state index contributed by atoms with van der Waals surface area (Å²) in [4.78, 5) is 29.2. The van der Waals surface area contributed by atoms with Crippen molar-refractivity contribution in [1.82, 2.24) is 29.6 Å². The Bertz CT molecular complexity index is 922. The third-order valence-corrected chi connectivity index (χ3v) is 4.72. The molecular weight excluding hydrogens is 342 g/mol. The van der Waals surface area contributed by atoms with Gasteiger partial charge in [0.15, 0.2) is 0 Å². The third kappa shape index (κ3) is 4.17. The Balaban J connectivity index is 1.36. The van der Waals surface area contributed by atoms with E-state index in [1.807, 2.05) is 12.1 Å². The number of anilines is 1. The van der Waals surface area contributed by atoms with Crippen LogP contribution in [0, 0.1) is 0 Å². The molecule has 0 atom stereocenters. The lowest BCUT2D eigenvalue weighted by molar-refractivity contribution is 0.242. The van der Waals surface area contributed by atoms with Crippen LogP contribution in [0.1, 0.15) is 0 Å². The van der Waals surface area contributed by atoms with Gasteiger partial charge in [-0.2, -0.15) is 5.10 Å². The number of aromatic nitrogens is 5. The maximum atomic E-state index is 12.2. The Morgan fingerprint density at radius 1 is 0.852 bits per heavy atom. The Morgan fingerprint density at radius 2 is 1.67 bits per heavy atom.